The zero-order valence-electron chi connectivity index (χ0n) is 11.7. The molecule has 0 bridgehead atoms. The third kappa shape index (κ3) is 4.48. The molecule has 8 heteroatoms. The molecule has 1 rings (SSSR count). The van der Waals surface area contributed by atoms with Gasteiger partial charge in [-0.25, -0.2) is 13.1 Å². The van der Waals surface area contributed by atoms with Crippen LogP contribution in [0.25, 0.3) is 0 Å². The van der Waals surface area contributed by atoms with Crippen molar-refractivity contribution in [1.82, 2.24) is 14.5 Å². The number of rotatable bonds is 6. The highest BCUT2D eigenvalue weighted by atomic mass is 32.2. The molecular formula is C11H22N4O3S. The van der Waals surface area contributed by atoms with E-state index < -0.39 is 15.6 Å². The van der Waals surface area contributed by atoms with Gasteiger partial charge in [0.15, 0.2) is 5.82 Å². The average Bonchev–Trinajstić information content (AvgIpc) is 2.54. The predicted octanol–water partition coefficient (Wildman–Crippen LogP) is 0.0777. The molecule has 0 saturated carbocycles. The van der Waals surface area contributed by atoms with Crippen LogP contribution in [0.3, 0.4) is 0 Å². The number of sulfonamides is 1. The first-order chi connectivity index (χ1) is 8.53. The number of aryl methyl sites for hydroxylation is 1. The van der Waals surface area contributed by atoms with Crippen molar-refractivity contribution in [2.24, 2.45) is 13.0 Å². The molecule has 4 N–H and O–H groups in total. The van der Waals surface area contributed by atoms with Gasteiger partial charge < -0.3 is 10.8 Å². The second kappa shape index (κ2) is 5.48. The molecule has 0 aliphatic rings. The Kier molecular flexibility index (Phi) is 4.59. The quantitative estimate of drug-likeness (QED) is 0.687. The molecule has 1 aromatic rings. The third-order valence-electron chi connectivity index (χ3n) is 2.60. The van der Waals surface area contributed by atoms with Crippen molar-refractivity contribution >= 4 is 15.8 Å². The molecule has 1 heterocycles. The Balaban J connectivity index is 2.79. The Morgan fingerprint density at radius 1 is 1.58 bits per heavy atom. The second-order valence-electron chi connectivity index (χ2n) is 5.47. The van der Waals surface area contributed by atoms with E-state index in [0.717, 1.165) is 0 Å². The lowest BCUT2D eigenvalue weighted by Crippen LogP contribution is -2.41. The lowest BCUT2D eigenvalue weighted by molar-refractivity contribution is 0.0437. The summed E-state index contributed by atoms with van der Waals surface area (Å²) >= 11 is 0. The van der Waals surface area contributed by atoms with Crippen LogP contribution in [-0.4, -0.2) is 35.5 Å². The number of aromatic nitrogens is 2. The van der Waals surface area contributed by atoms with Crippen molar-refractivity contribution in [3.05, 3.63) is 6.20 Å². The molecule has 7 nitrogen and oxygen atoms in total. The maximum absolute atomic E-state index is 12.0. The van der Waals surface area contributed by atoms with Crippen LogP contribution < -0.4 is 10.5 Å². The number of aliphatic hydroxyl groups is 1. The van der Waals surface area contributed by atoms with Gasteiger partial charge in [-0.1, -0.05) is 13.8 Å². The molecule has 0 aromatic carbocycles. The summed E-state index contributed by atoms with van der Waals surface area (Å²) in [6.07, 6.45) is 1.83. The molecule has 0 amide bonds. The summed E-state index contributed by atoms with van der Waals surface area (Å²) < 4.78 is 27.8. The Labute approximate surface area is 113 Å². The molecule has 0 radical (unpaired) electrons. The van der Waals surface area contributed by atoms with E-state index in [1.807, 2.05) is 13.8 Å². The minimum atomic E-state index is -3.76. The van der Waals surface area contributed by atoms with E-state index in [1.54, 1.807) is 14.0 Å². The van der Waals surface area contributed by atoms with E-state index in [2.05, 4.69) is 9.82 Å². The van der Waals surface area contributed by atoms with E-state index in [0.29, 0.717) is 6.42 Å². The summed E-state index contributed by atoms with van der Waals surface area (Å²) in [6.45, 7) is 5.45. The van der Waals surface area contributed by atoms with Gasteiger partial charge in [0, 0.05) is 19.8 Å². The molecular weight excluding hydrogens is 268 g/mol. The van der Waals surface area contributed by atoms with Crippen LogP contribution in [0.1, 0.15) is 27.2 Å². The largest absolute Gasteiger partial charge is 0.389 e. The fraction of sp³-hybridized carbons (Fsp3) is 0.727. The number of anilines is 1. The summed E-state index contributed by atoms with van der Waals surface area (Å²) in [5.74, 6) is 0.210. The molecule has 1 aromatic heterocycles. The fourth-order valence-corrected chi connectivity index (χ4v) is 3.23. The maximum Gasteiger partial charge on any atom is 0.245 e. The topological polar surface area (TPSA) is 110 Å². The molecule has 19 heavy (non-hydrogen) atoms. The molecule has 1 atom stereocenters. The van der Waals surface area contributed by atoms with Crippen molar-refractivity contribution in [1.29, 1.82) is 0 Å². The SMILES string of the molecule is CC(C)CC(C)(O)CNS(=O)(=O)c1cn(C)nc1N. The predicted molar refractivity (Wildman–Crippen MR) is 72.9 cm³/mol. The minimum absolute atomic E-state index is 0.0569. The summed E-state index contributed by atoms with van der Waals surface area (Å²) in [5, 5.41) is 13.9. The highest BCUT2D eigenvalue weighted by Gasteiger charge is 2.27. The number of nitrogens with one attached hydrogen (secondary N) is 1. The van der Waals surface area contributed by atoms with E-state index in [9.17, 15) is 13.5 Å². The number of hydrogen-bond acceptors (Lipinski definition) is 5. The third-order valence-corrected chi connectivity index (χ3v) is 4.02. The van der Waals surface area contributed by atoms with Crippen LogP contribution in [0.4, 0.5) is 5.82 Å². The molecule has 0 saturated heterocycles. The monoisotopic (exact) mass is 290 g/mol. The highest BCUT2D eigenvalue weighted by Crippen LogP contribution is 2.18. The lowest BCUT2D eigenvalue weighted by atomic mass is 9.95. The highest BCUT2D eigenvalue weighted by molar-refractivity contribution is 7.89. The Morgan fingerprint density at radius 3 is 2.58 bits per heavy atom. The molecule has 0 aliphatic heterocycles. The zero-order valence-corrected chi connectivity index (χ0v) is 12.5. The van der Waals surface area contributed by atoms with Crippen LogP contribution in [0, 0.1) is 5.92 Å². The summed E-state index contributed by atoms with van der Waals surface area (Å²) in [7, 11) is -2.17. The summed E-state index contributed by atoms with van der Waals surface area (Å²) in [6, 6.07) is 0. The number of nitrogen functional groups attached to an aromatic ring is 1. The van der Waals surface area contributed by atoms with Crippen LogP contribution in [0.5, 0.6) is 0 Å². The van der Waals surface area contributed by atoms with E-state index >= 15 is 0 Å². The van der Waals surface area contributed by atoms with Gasteiger partial charge in [0.05, 0.1) is 5.60 Å². The first-order valence-electron chi connectivity index (χ1n) is 6.05. The van der Waals surface area contributed by atoms with E-state index in [4.69, 9.17) is 5.73 Å². The number of nitrogens with two attached hydrogens (primary N) is 1. The first-order valence-corrected chi connectivity index (χ1v) is 7.53. The average molecular weight is 290 g/mol. The fourth-order valence-electron chi connectivity index (χ4n) is 1.97. The van der Waals surface area contributed by atoms with Gasteiger partial charge in [0.25, 0.3) is 0 Å². The normalized spacial score (nSPS) is 15.7. The smallest absolute Gasteiger partial charge is 0.245 e. The van der Waals surface area contributed by atoms with Crippen LogP contribution >= 0.6 is 0 Å². The summed E-state index contributed by atoms with van der Waals surface area (Å²) in [5.41, 5.74) is 4.43. The minimum Gasteiger partial charge on any atom is -0.389 e. The van der Waals surface area contributed by atoms with Gasteiger partial charge >= 0.3 is 0 Å². The van der Waals surface area contributed by atoms with Gasteiger partial charge in [0.1, 0.15) is 4.90 Å². The lowest BCUT2D eigenvalue weighted by Gasteiger charge is -2.25. The molecule has 0 fully saturated rings. The van der Waals surface area contributed by atoms with Gasteiger partial charge in [-0.2, -0.15) is 5.10 Å². The first kappa shape index (κ1) is 15.9. The van der Waals surface area contributed by atoms with Crippen molar-refractivity contribution in [3.63, 3.8) is 0 Å². The van der Waals surface area contributed by atoms with E-state index in [-0.39, 0.29) is 23.2 Å². The number of nitrogens with zero attached hydrogens (tertiary/aromatic N) is 2. The van der Waals surface area contributed by atoms with Gasteiger partial charge in [-0.15, -0.1) is 0 Å². The van der Waals surface area contributed by atoms with Crippen LogP contribution in [0.2, 0.25) is 0 Å². The van der Waals surface area contributed by atoms with Gasteiger partial charge in [0.2, 0.25) is 10.0 Å². The van der Waals surface area contributed by atoms with Gasteiger partial charge in [-0.05, 0) is 19.3 Å². The van der Waals surface area contributed by atoms with Gasteiger partial charge in [-0.3, -0.25) is 4.68 Å². The van der Waals surface area contributed by atoms with Crippen molar-refractivity contribution < 1.29 is 13.5 Å². The second-order valence-corrected chi connectivity index (χ2v) is 7.21. The Bertz CT molecular complexity index is 534. The zero-order chi connectivity index (χ0) is 14.8. The number of hydrogen-bond donors (Lipinski definition) is 3. The van der Waals surface area contributed by atoms with Crippen LogP contribution in [0.15, 0.2) is 11.1 Å². The maximum atomic E-state index is 12.0. The molecule has 1 unspecified atom stereocenters. The van der Waals surface area contributed by atoms with Crippen LogP contribution in [-0.2, 0) is 17.1 Å². The Hall–Kier alpha value is -1.12. The summed E-state index contributed by atoms with van der Waals surface area (Å²) in [4.78, 5) is -0.0738. The molecule has 110 valence electrons. The van der Waals surface area contributed by atoms with E-state index in [1.165, 1.54) is 10.9 Å². The standard InChI is InChI=1S/C11H22N4O3S/c1-8(2)5-11(3,16)7-13-19(17,18)9-6-15(4)14-10(9)12/h6,8,13,16H,5,7H2,1-4H3,(H2,12,14). The molecule has 0 aliphatic carbocycles. The van der Waals surface area contributed by atoms with Crippen molar-refractivity contribution in [3.8, 4) is 0 Å². The molecule has 0 spiro atoms. The van der Waals surface area contributed by atoms with Crippen molar-refractivity contribution in [2.45, 2.75) is 37.7 Å². The Morgan fingerprint density at radius 2 is 2.16 bits per heavy atom. The van der Waals surface area contributed by atoms with Crippen molar-refractivity contribution in [2.75, 3.05) is 12.3 Å².